The summed E-state index contributed by atoms with van der Waals surface area (Å²) in [6.07, 6.45) is 2.55. The molecule has 6 nitrogen and oxygen atoms in total. The zero-order valence-corrected chi connectivity index (χ0v) is 10.8. The third kappa shape index (κ3) is 2.45. The lowest BCUT2D eigenvalue weighted by molar-refractivity contribution is 0.417. The van der Waals surface area contributed by atoms with Gasteiger partial charge in [-0.3, -0.25) is 4.72 Å². The highest BCUT2D eigenvalue weighted by Gasteiger charge is 2.17. The first kappa shape index (κ1) is 12.4. The van der Waals surface area contributed by atoms with Gasteiger partial charge in [0.05, 0.1) is 25.3 Å². The van der Waals surface area contributed by atoms with Crippen LogP contribution in [0.2, 0.25) is 0 Å². The van der Waals surface area contributed by atoms with E-state index in [9.17, 15) is 8.42 Å². The Morgan fingerprint density at radius 2 is 2.17 bits per heavy atom. The minimum atomic E-state index is -3.67. The van der Waals surface area contributed by atoms with Crippen molar-refractivity contribution in [1.82, 2.24) is 9.97 Å². The number of imidazole rings is 1. The fourth-order valence-electron chi connectivity index (χ4n) is 1.49. The molecule has 2 aromatic rings. The maximum atomic E-state index is 12.0. The summed E-state index contributed by atoms with van der Waals surface area (Å²) >= 11 is 0. The van der Waals surface area contributed by atoms with Crippen molar-refractivity contribution in [2.24, 2.45) is 0 Å². The van der Waals surface area contributed by atoms with Crippen LogP contribution in [0.25, 0.3) is 0 Å². The van der Waals surface area contributed by atoms with Gasteiger partial charge in [0.15, 0.2) is 5.03 Å². The quantitative estimate of drug-likeness (QED) is 0.879. The predicted molar refractivity (Wildman–Crippen MR) is 67.1 cm³/mol. The third-order valence-electron chi connectivity index (χ3n) is 2.36. The first-order valence-electron chi connectivity index (χ1n) is 5.19. The lowest BCUT2D eigenvalue weighted by Gasteiger charge is -2.11. The molecule has 96 valence electrons. The number of nitrogens with zero attached hydrogens (tertiary/aromatic N) is 1. The summed E-state index contributed by atoms with van der Waals surface area (Å²) in [5, 5.41) is 0.00561. The molecule has 1 aromatic heterocycles. The Labute approximate surface area is 105 Å². The van der Waals surface area contributed by atoms with Crippen LogP contribution in [0.3, 0.4) is 0 Å². The number of sulfonamides is 1. The van der Waals surface area contributed by atoms with Gasteiger partial charge in [-0.1, -0.05) is 6.07 Å². The molecule has 0 saturated heterocycles. The molecule has 0 amide bonds. The van der Waals surface area contributed by atoms with E-state index in [0.29, 0.717) is 11.4 Å². The van der Waals surface area contributed by atoms with Gasteiger partial charge in [-0.25, -0.2) is 4.98 Å². The van der Waals surface area contributed by atoms with Crippen molar-refractivity contribution in [1.29, 1.82) is 0 Å². The monoisotopic (exact) mass is 267 g/mol. The summed E-state index contributed by atoms with van der Waals surface area (Å²) in [6, 6.07) is 5.25. The van der Waals surface area contributed by atoms with E-state index >= 15 is 0 Å². The fourth-order valence-corrected chi connectivity index (χ4v) is 2.46. The largest absolute Gasteiger partial charge is 0.495 e. The van der Waals surface area contributed by atoms with Gasteiger partial charge in [0.1, 0.15) is 5.75 Å². The van der Waals surface area contributed by atoms with E-state index in [4.69, 9.17) is 4.74 Å². The molecule has 7 heteroatoms. The van der Waals surface area contributed by atoms with Crippen molar-refractivity contribution in [3.8, 4) is 5.75 Å². The summed E-state index contributed by atoms with van der Waals surface area (Å²) in [4.78, 5) is 6.23. The maximum absolute atomic E-state index is 12.0. The molecule has 18 heavy (non-hydrogen) atoms. The van der Waals surface area contributed by atoms with E-state index in [1.165, 1.54) is 19.6 Å². The molecular formula is C11H13N3O3S. The number of ether oxygens (including phenoxy) is 1. The molecule has 0 radical (unpaired) electrons. The highest BCUT2D eigenvalue weighted by Crippen LogP contribution is 2.27. The van der Waals surface area contributed by atoms with Crippen LogP contribution in [0, 0.1) is 6.92 Å². The maximum Gasteiger partial charge on any atom is 0.279 e. The highest BCUT2D eigenvalue weighted by molar-refractivity contribution is 7.92. The van der Waals surface area contributed by atoms with Crippen LogP contribution in [-0.2, 0) is 10.0 Å². The topological polar surface area (TPSA) is 84.1 Å². The summed E-state index contributed by atoms with van der Waals surface area (Å²) in [5.41, 5.74) is 1.32. The third-order valence-corrected chi connectivity index (χ3v) is 3.65. The number of aromatic nitrogens is 2. The van der Waals surface area contributed by atoms with Crippen LogP contribution in [0.5, 0.6) is 5.75 Å². The molecule has 0 aliphatic heterocycles. The van der Waals surface area contributed by atoms with E-state index in [0.717, 1.165) is 5.56 Å². The van der Waals surface area contributed by atoms with Crippen LogP contribution in [0.4, 0.5) is 5.69 Å². The molecule has 0 spiro atoms. The minimum Gasteiger partial charge on any atom is -0.495 e. The first-order valence-corrected chi connectivity index (χ1v) is 6.67. The summed E-state index contributed by atoms with van der Waals surface area (Å²) in [7, 11) is -2.18. The molecule has 1 aromatic carbocycles. The van der Waals surface area contributed by atoms with E-state index < -0.39 is 10.0 Å². The summed E-state index contributed by atoms with van der Waals surface area (Å²) < 4.78 is 31.6. The number of hydrogen-bond acceptors (Lipinski definition) is 4. The van der Waals surface area contributed by atoms with Gasteiger partial charge in [-0.05, 0) is 24.6 Å². The smallest absolute Gasteiger partial charge is 0.279 e. The lowest BCUT2D eigenvalue weighted by atomic mass is 10.2. The zero-order valence-electron chi connectivity index (χ0n) is 9.97. The second-order valence-corrected chi connectivity index (χ2v) is 5.38. The SMILES string of the molecule is COc1ccc(C)cc1NS(=O)(=O)c1cnc[nH]1. The second kappa shape index (κ2) is 4.69. The minimum absolute atomic E-state index is 0.00561. The predicted octanol–water partition coefficient (Wildman–Crippen LogP) is 1.53. The van der Waals surface area contributed by atoms with Crippen molar-refractivity contribution in [2.75, 3.05) is 11.8 Å². The van der Waals surface area contributed by atoms with Gasteiger partial charge in [0, 0.05) is 0 Å². The number of anilines is 1. The molecule has 0 unspecified atom stereocenters. The van der Waals surface area contributed by atoms with Gasteiger partial charge < -0.3 is 9.72 Å². The second-order valence-electron chi connectivity index (χ2n) is 3.73. The Bertz CT molecular complexity index is 636. The highest BCUT2D eigenvalue weighted by atomic mass is 32.2. The number of methoxy groups -OCH3 is 1. The molecule has 0 bridgehead atoms. The molecule has 0 aliphatic carbocycles. The Morgan fingerprint density at radius 1 is 1.39 bits per heavy atom. The Hall–Kier alpha value is -2.02. The number of H-pyrrole nitrogens is 1. The van der Waals surface area contributed by atoms with Crippen LogP contribution < -0.4 is 9.46 Å². The number of hydrogen-bond donors (Lipinski definition) is 2. The molecule has 2 rings (SSSR count). The van der Waals surface area contributed by atoms with Gasteiger partial charge >= 0.3 is 0 Å². The normalized spacial score (nSPS) is 11.2. The molecule has 0 atom stereocenters. The zero-order chi connectivity index (χ0) is 13.2. The average Bonchev–Trinajstić information content (AvgIpc) is 2.83. The molecular weight excluding hydrogens is 254 g/mol. The first-order chi connectivity index (χ1) is 8.53. The van der Waals surface area contributed by atoms with Gasteiger partial charge in [-0.2, -0.15) is 8.42 Å². The van der Waals surface area contributed by atoms with Gasteiger partial charge in [-0.15, -0.1) is 0 Å². The van der Waals surface area contributed by atoms with E-state index in [-0.39, 0.29) is 5.03 Å². The number of aryl methyl sites for hydroxylation is 1. The Kier molecular flexibility index (Phi) is 3.24. The number of nitrogens with one attached hydrogen (secondary N) is 2. The summed E-state index contributed by atoms with van der Waals surface area (Å²) in [5.74, 6) is 0.462. The Morgan fingerprint density at radius 3 is 2.78 bits per heavy atom. The molecule has 0 saturated carbocycles. The number of rotatable bonds is 4. The van der Waals surface area contributed by atoms with Gasteiger partial charge in [0.2, 0.25) is 0 Å². The summed E-state index contributed by atoms with van der Waals surface area (Å²) in [6.45, 7) is 1.87. The van der Waals surface area contributed by atoms with Crippen molar-refractivity contribution in [3.05, 3.63) is 36.3 Å². The van der Waals surface area contributed by atoms with Crippen LogP contribution in [0.15, 0.2) is 35.7 Å². The standard InChI is InChI=1S/C11H13N3O3S/c1-8-3-4-10(17-2)9(5-8)14-18(15,16)11-6-12-7-13-11/h3-7,14H,1-2H3,(H,12,13). The average molecular weight is 267 g/mol. The fraction of sp³-hybridized carbons (Fsp3) is 0.182. The lowest BCUT2D eigenvalue weighted by Crippen LogP contribution is -2.14. The molecule has 0 aliphatic rings. The molecule has 2 N–H and O–H groups in total. The van der Waals surface area contributed by atoms with E-state index in [2.05, 4.69) is 14.7 Å². The van der Waals surface area contributed by atoms with Gasteiger partial charge in [0.25, 0.3) is 10.0 Å². The molecule has 0 fully saturated rings. The number of aromatic amines is 1. The van der Waals surface area contributed by atoms with Crippen molar-refractivity contribution >= 4 is 15.7 Å². The van der Waals surface area contributed by atoms with Crippen molar-refractivity contribution in [2.45, 2.75) is 11.9 Å². The van der Waals surface area contributed by atoms with Crippen LogP contribution in [0.1, 0.15) is 5.56 Å². The van der Waals surface area contributed by atoms with Crippen LogP contribution in [-0.4, -0.2) is 25.5 Å². The van der Waals surface area contributed by atoms with Crippen molar-refractivity contribution < 1.29 is 13.2 Å². The molecule has 1 heterocycles. The van der Waals surface area contributed by atoms with Crippen LogP contribution >= 0.6 is 0 Å². The van der Waals surface area contributed by atoms with Crippen molar-refractivity contribution in [3.63, 3.8) is 0 Å². The van der Waals surface area contributed by atoms with E-state index in [1.807, 2.05) is 13.0 Å². The number of benzene rings is 1. The Balaban J connectivity index is 2.37. The van der Waals surface area contributed by atoms with E-state index in [1.54, 1.807) is 12.1 Å².